The van der Waals surface area contributed by atoms with Gasteiger partial charge in [0.2, 0.25) is 0 Å². The number of halogens is 1. The summed E-state index contributed by atoms with van der Waals surface area (Å²) in [4.78, 5) is 24.4. The molecule has 0 aromatic heterocycles. The third kappa shape index (κ3) is 12.9. The van der Waals surface area contributed by atoms with Gasteiger partial charge in [-0.2, -0.15) is 0 Å². The van der Waals surface area contributed by atoms with Crippen LogP contribution in [0.15, 0.2) is 24.3 Å². The third-order valence-corrected chi connectivity index (χ3v) is 5.34. The predicted octanol–water partition coefficient (Wildman–Crippen LogP) is 7.33. The zero-order valence-electron chi connectivity index (χ0n) is 18.6. The molecule has 0 radical (unpaired) electrons. The molecule has 5 heteroatoms. The Labute approximate surface area is 187 Å². The predicted molar refractivity (Wildman–Crippen MR) is 123 cm³/mol. The van der Waals surface area contributed by atoms with Crippen LogP contribution in [-0.4, -0.2) is 31.0 Å². The lowest BCUT2D eigenvalue weighted by atomic mass is 10.1. The molecule has 30 heavy (non-hydrogen) atoms. The molecule has 0 N–H and O–H groups in total. The summed E-state index contributed by atoms with van der Waals surface area (Å²) >= 11 is 5.66. The molecule has 0 aliphatic rings. The van der Waals surface area contributed by atoms with E-state index in [1.54, 1.807) is 24.3 Å². The third-order valence-electron chi connectivity index (χ3n) is 5.08. The van der Waals surface area contributed by atoms with Crippen molar-refractivity contribution >= 4 is 23.5 Å². The molecule has 0 unspecified atom stereocenters. The van der Waals surface area contributed by atoms with Gasteiger partial charge in [-0.25, -0.2) is 9.59 Å². The minimum absolute atomic E-state index is 0.382. The van der Waals surface area contributed by atoms with E-state index in [9.17, 15) is 9.59 Å². The molecule has 170 valence electrons. The highest BCUT2D eigenvalue weighted by molar-refractivity contribution is 6.17. The molecule has 1 rings (SSSR count). The van der Waals surface area contributed by atoms with Gasteiger partial charge in [0.25, 0.3) is 0 Å². The van der Waals surface area contributed by atoms with Crippen molar-refractivity contribution in [2.75, 3.05) is 19.1 Å². The highest BCUT2D eigenvalue weighted by Crippen LogP contribution is 2.11. The van der Waals surface area contributed by atoms with Crippen LogP contribution >= 0.6 is 11.6 Å². The van der Waals surface area contributed by atoms with Gasteiger partial charge in [0.15, 0.2) is 0 Å². The van der Waals surface area contributed by atoms with E-state index in [4.69, 9.17) is 21.1 Å². The smallest absolute Gasteiger partial charge is 0.338 e. The number of carbonyl (C=O) groups excluding carboxylic acids is 2. The quantitative estimate of drug-likeness (QED) is 0.137. The van der Waals surface area contributed by atoms with Crippen molar-refractivity contribution in [1.82, 2.24) is 0 Å². The SMILES string of the molecule is CCCCCCCCCOC(=O)c1cccc(C(=O)OCCCCCCCCCl)c1. The van der Waals surface area contributed by atoms with Crippen LogP contribution in [0.5, 0.6) is 0 Å². The van der Waals surface area contributed by atoms with Gasteiger partial charge in [-0.15, -0.1) is 11.6 Å². The maximum absolute atomic E-state index is 12.2. The van der Waals surface area contributed by atoms with Crippen LogP contribution in [0.2, 0.25) is 0 Å². The minimum Gasteiger partial charge on any atom is -0.462 e. The van der Waals surface area contributed by atoms with Gasteiger partial charge in [0.1, 0.15) is 0 Å². The van der Waals surface area contributed by atoms with Crippen molar-refractivity contribution in [3.63, 3.8) is 0 Å². The Morgan fingerprint density at radius 2 is 1.13 bits per heavy atom. The van der Waals surface area contributed by atoms with E-state index >= 15 is 0 Å². The van der Waals surface area contributed by atoms with Crippen molar-refractivity contribution in [1.29, 1.82) is 0 Å². The fraction of sp³-hybridized carbons (Fsp3) is 0.680. The van der Waals surface area contributed by atoms with Crippen molar-refractivity contribution in [2.24, 2.45) is 0 Å². The van der Waals surface area contributed by atoms with Crippen LogP contribution in [0.4, 0.5) is 0 Å². The number of esters is 2. The van der Waals surface area contributed by atoms with Gasteiger partial charge in [-0.1, -0.05) is 77.2 Å². The van der Waals surface area contributed by atoms with Crippen molar-refractivity contribution in [2.45, 2.75) is 90.4 Å². The summed E-state index contributed by atoms with van der Waals surface area (Å²) < 4.78 is 10.7. The largest absolute Gasteiger partial charge is 0.462 e. The number of rotatable bonds is 18. The van der Waals surface area contributed by atoms with Crippen molar-refractivity contribution in [3.05, 3.63) is 35.4 Å². The van der Waals surface area contributed by atoms with Gasteiger partial charge >= 0.3 is 11.9 Å². The van der Waals surface area contributed by atoms with Crippen LogP contribution in [-0.2, 0) is 9.47 Å². The van der Waals surface area contributed by atoms with E-state index in [2.05, 4.69) is 6.92 Å². The molecule has 0 heterocycles. The normalized spacial score (nSPS) is 10.7. The fourth-order valence-electron chi connectivity index (χ4n) is 3.23. The Hall–Kier alpha value is -1.55. The topological polar surface area (TPSA) is 52.6 Å². The van der Waals surface area contributed by atoms with Crippen LogP contribution in [0.1, 0.15) is 111 Å². The van der Waals surface area contributed by atoms with Gasteiger partial charge in [0, 0.05) is 5.88 Å². The number of hydrogen-bond acceptors (Lipinski definition) is 4. The Morgan fingerprint density at radius 3 is 1.60 bits per heavy atom. The summed E-state index contributed by atoms with van der Waals surface area (Å²) in [6.07, 6.45) is 14.6. The summed E-state index contributed by atoms with van der Waals surface area (Å²) in [7, 11) is 0. The zero-order chi connectivity index (χ0) is 21.9. The second-order valence-corrected chi connectivity index (χ2v) is 8.16. The number of ether oxygens (including phenoxy) is 2. The molecule has 0 aliphatic carbocycles. The molecule has 0 atom stereocenters. The first-order chi connectivity index (χ1) is 14.7. The van der Waals surface area contributed by atoms with Gasteiger partial charge < -0.3 is 9.47 Å². The summed E-state index contributed by atoms with van der Waals surface area (Å²) in [6, 6.07) is 6.59. The lowest BCUT2D eigenvalue weighted by Crippen LogP contribution is -2.10. The molecule has 0 saturated carbocycles. The summed E-state index contributed by atoms with van der Waals surface area (Å²) in [5, 5.41) is 0. The summed E-state index contributed by atoms with van der Waals surface area (Å²) in [5.74, 6) is -0.0463. The number of hydrogen-bond donors (Lipinski definition) is 0. The van der Waals surface area contributed by atoms with E-state index in [0.717, 1.165) is 50.8 Å². The van der Waals surface area contributed by atoms with E-state index in [1.165, 1.54) is 38.5 Å². The standard InChI is InChI=1S/C25H39ClO4/c1-2-3-4-5-7-10-13-19-29-24(27)22-16-15-17-23(21-22)25(28)30-20-14-11-8-6-9-12-18-26/h15-17,21H,2-14,18-20H2,1H3. The lowest BCUT2D eigenvalue weighted by molar-refractivity contribution is 0.0496. The Kier molecular flexibility index (Phi) is 16.1. The van der Waals surface area contributed by atoms with Crippen LogP contribution < -0.4 is 0 Å². The summed E-state index contributed by atoms with van der Waals surface area (Å²) in [6.45, 7) is 3.04. The van der Waals surface area contributed by atoms with E-state index in [0.29, 0.717) is 24.3 Å². The molecular formula is C25H39ClO4. The Morgan fingerprint density at radius 1 is 0.700 bits per heavy atom. The van der Waals surface area contributed by atoms with Gasteiger partial charge in [-0.05, 0) is 37.5 Å². The highest BCUT2D eigenvalue weighted by Gasteiger charge is 2.12. The molecule has 4 nitrogen and oxygen atoms in total. The number of carbonyl (C=O) groups is 2. The maximum Gasteiger partial charge on any atom is 0.338 e. The molecule has 0 bridgehead atoms. The highest BCUT2D eigenvalue weighted by atomic mass is 35.5. The Balaban J connectivity index is 2.22. The van der Waals surface area contributed by atoms with Gasteiger partial charge in [0.05, 0.1) is 24.3 Å². The first kappa shape index (κ1) is 26.5. The second-order valence-electron chi connectivity index (χ2n) is 7.78. The first-order valence-corrected chi connectivity index (χ1v) is 12.2. The second kappa shape index (κ2) is 18.2. The molecule has 1 aromatic carbocycles. The number of alkyl halides is 1. The minimum atomic E-state index is -0.390. The molecule has 0 fully saturated rings. The fourth-order valence-corrected chi connectivity index (χ4v) is 3.42. The molecule has 1 aromatic rings. The van der Waals surface area contributed by atoms with Crippen molar-refractivity contribution in [3.8, 4) is 0 Å². The van der Waals surface area contributed by atoms with Crippen LogP contribution in [0.25, 0.3) is 0 Å². The molecule has 0 spiro atoms. The maximum atomic E-state index is 12.2. The molecule has 0 amide bonds. The molecule has 0 saturated heterocycles. The Bertz CT molecular complexity index is 541. The zero-order valence-corrected chi connectivity index (χ0v) is 19.4. The summed E-state index contributed by atoms with van der Waals surface area (Å²) in [5.41, 5.74) is 0.786. The van der Waals surface area contributed by atoms with E-state index < -0.39 is 0 Å². The van der Waals surface area contributed by atoms with Gasteiger partial charge in [-0.3, -0.25) is 0 Å². The molecular weight excluding hydrogens is 400 g/mol. The van der Waals surface area contributed by atoms with Crippen LogP contribution in [0.3, 0.4) is 0 Å². The number of benzene rings is 1. The van der Waals surface area contributed by atoms with Crippen molar-refractivity contribution < 1.29 is 19.1 Å². The monoisotopic (exact) mass is 438 g/mol. The molecule has 0 aliphatic heterocycles. The van der Waals surface area contributed by atoms with E-state index in [1.807, 2.05) is 0 Å². The average molecular weight is 439 g/mol. The first-order valence-electron chi connectivity index (χ1n) is 11.7. The lowest BCUT2D eigenvalue weighted by Gasteiger charge is -2.08. The van der Waals surface area contributed by atoms with Crippen LogP contribution in [0, 0.1) is 0 Å². The average Bonchev–Trinajstić information content (AvgIpc) is 2.77. The number of unbranched alkanes of at least 4 members (excludes halogenated alkanes) is 11. The van der Waals surface area contributed by atoms with E-state index in [-0.39, 0.29) is 11.9 Å².